The Hall–Kier alpha value is -2.40. The van der Waals surface area contributed by atoms with E-state index in [-0.39, 0.29) is 12.4 Å². The third-order valence-corrected chi connectivity index (χ3v) is 3.17. The summed E-state index contributed by atoms with van der Waals surface area (Å²) in [5.74, 6) is 0.0433. The summed E-state index contributed by atoms with van der Waals surface area (Å²) in [6.07, 6.45) is 0. The van der Waals surface area contributed by atoms with Crippen LogP contribution < -0.4 is 11.1 Å². The number of hydrogen-bond acceptors (Lipinski definition) is 2. The Morgan fingerprint density at radius 1 is 1.23 bits per heavy atom. The Labute approximate surface area is 129 Å². The molecule has 22 heavy (non-hydrogen) atoms. The van der Waals surface area contributed by atoms with Gasteiger partial charge in [-0.15, -0.1) is 0 Å². The maximum Gasteiger partial charge on any atom is 0.193 e. The summed E-state index contributed by atoms with van der Waals surface area (Å²) in [6.45, 7) is 2.63. The molecule has 2 rings (SSSR count). The fourth-order valence-corrected chi connectivity index (χ4v) is 1.99. The highest BCUT2D eigenvalue weighted by atomic mass is 19.1. The Morgan fingerprint density at radius 3 is 2.64 bits per heavy atom. The van der Waals surface area contributed by atoms with Crippen molar-refractivity contribution >= 4 is 11.6 Å². The number of rotatable bonds is 5. The van der Waals surface area contributed by atoms with Gasteiger partial charge in [0, 0.05) is 18.4 Å². The lowest BCUT2D eigenvalue weighted by Crippen LogP contribution is -2.22. The molecule has 0 amide bonds. The van der Waals surface area contributed by atoms with E-state index in [1.54, 1.807) is 12.1 Å². The van der Waals surface area contributed by atoms with Gasteiger partial charge in [-0.05, 0) is 36.8 Å². The quantitative estimate of drug-likeness (QED) is 0.658. The molecule has 0 fully saturated rings. The molecule has 3 N–H and O–H groups in total. The first-order chi connectivity index (χ1) is 10.6. The van der Waals surface area contributed by atoms with E-state index < -0.39 is 0 Å². The molecule has 0 unspecified atom stereocenters. The van der Waals surface area contributed by atoms with Crippen molar-refractivity contribution < 1.29 is 9.13 Å². The van der Waals surface area contributed by atoms with Crippen LogP contribution in [0.25, 0.3) is 0 Å². The van der Waals surface area contributed by atoms with Gasteiger partial charge in [-0.2, -0.15) is 0 Å². The molecule has 0 aromatic heterocycles. The van der Waals surface area contributed by atoms with Crippen LogP contribution in [0.4, 0.5) is 10.1 Å². The van der Waals surface area contributed by atoms with Gasteiger partial charge in [-0.25, -0.2) is 9.38 Å². The molecule has 2 aromatic rings. The molecule has 0 aliphatic heterocycles. The number of benzene rings is 2. The summed E-state index contributed by atoms with van der Waals surface area (Å²) >= 11 is 0. The van der Waals surface area contributed by atoms with Crippen molar-refractivity contribution in [1.29, 1.82) is 0 Å². The Bertz CT molecular complexity index is 653. The smallest absolute Gasteiger partial charge is 0.193 e. The topological polar surface area (TPSA) is 59.6 Å². The number of nitrogens with one attached hydrogen (secondary N) is 1. The van der Waals surface area contributed by atoms with E-state index in [0.717, 1.165) is 11.3 Å². The number of nitrogens with zero attached hydrogens (tertiary/aromatic N) is 1. The lowest BCUT2D eigenvalue weighted by molar-refractivity contribution is 0.181. The Kier molecular flexibility index (Phi) is 5.49. The molecule has 0 radical (unpaired) electrons. The van der Waals surface area contributed by atoms with Gasteiger partial charge in [0.15, 0.2) is 5.96 Å². The summed E-state index contributed by atoms with van der Waals surface area (Å²) in [6, 6.07) is 12.7. The number of methoxy groups -OCH3 is 1. The summed E-state index contributed by atoms with van der Waals surface area (Å²) < 4.78 is 18.5. The molecule has 0 atom stereocenters. The summed E-state index contributed by atoms with van der Waals surface area (Å²) in [4.78, 5) is 4.26. The lowest BCUT2D eigenvalue weighted by Gasteiger charge is -2.07. The van der Waals surface area contributed by atoms with Crippen LogP contribution in [0.5, 0.6) is 0 Å². The Balaban J connectivity index is 2.01. The van der Waals surface area contributed by atoms with Gasteiger partial charge in [0.1, 0.15) is 5.82 Å². The summed E-state index contributed by atoms with van der Waals surface area (Å²) in [5, 5.41) is 3.02. The SMILES string of the molecule is COCc1cc(CN=C(N)Nc2ccc(C)cc2)ccc1F. The third kappa shape index (κ3) is 4.56. The number of nitrogens with two attached hydrogens (primary N) is 1. The number of aliphatic imine (C=N–C) groups is 1. The van der Waals surface area contributed by atoms with Gasteiger partial charge >= 0.3 is 0 Å². The maximum atomic E-state index is 13.5. The van der Waals surface area contributed by atoms with Crippen LogP contribution in [0, 0.1) is 12.7 Å². The number of aryl methyl sites for hydroxylation is 1. The minimum Gasteiger partial charge on any atom is -0.380 e. The highest BCUT2D eigenvalue weighted by Crippen LogP contribution is 2.13. The highest BCUT2D eigenvalue weighted by molar-refractivity contribution is 5.92. The minimum atomic E-state index is -0.277. The number of hydrogen-bond donors (Lipinski definition) is 2. The second-order valence-corrected chi connectivity index (χ2v) is 5.05. The van der Waals surface area contributed by atoms with Crippen molar-refractivity contribution in [3.8, 4) is 0 Å². The van der Waals surface area contributed by atoms with Crippen LogP contribution in [-0.2, 0) is 17.9 Å². The van der Waals surface area contributed by atoms with Crippen LogP contribution in [0.3, 0.4) is 0 Å². The van der Waals surface area contributed by atoms with E-state index in [0.29, 0.717) is 18.1 Å². The third-order valence-electron chi connectivity index (χ3n) is 3.17. The molecule has 5 heteroatoms. The average Bonchev–Trinajstić information content (AvgIpc) is 2.50. The first-order valence-corrected chi connectivity index (χ1v) is 6.98. The molecule has 116 valence electrons. The summed E-state index contributed by atoms with van der Waals surface area (Å²) in [5.41, 5.74) is 9.31. The first-order valence-electron chi connectivity index (χ1n) is 6.98. The van der Waals surface area contributed by atoms with Crippen LogP contribution in [-0.4, -0.2) is 13.1 Å². The van der Waals surface area contributed by atoms with E-state index in [4.69, 9.17) is 10.5 Å². The van der Waals surface area contributed by atoms with E-state index >= 15 is 0 Å². The molecule has 0 bridgehead atoms. The van der Waals surface area contributed by atoms with Gasteiger partial charge in [-0.3, -0.25) is 0 Å². The fourth-order valence-electron chi connectivity index (χ4n) is 1.99. The zero-order valence-corrected chi connectivity index (χ0v) is 12.8. The minimum absolute atomic E-state index is 0.237. The molecule has 0 saturated heterocycles. The average molecular weight is 301 g/mol. The molecule has 0 spiro atoms. The van der Waals surface area contributed by atoms with E-state index in [1.807, 2.05) is 31.2 Å². The number of halogens is 1. The molecule has 4 nitrogen and oxygen atoms in total. The van der Waals surface area contributed by atoms with E-state index in [1.165, 1.54) is 18.7 Å². The number of anilines is 1. The second-order valence-electron chi connectivity index (χ2n) is 5.05. The van der Waals surface area contributed by atoms with Gasteiger partial charge in [0.25, 0.3) is 0 Å². The van der Waals surface area contributed by atoms with Crippen molar-refractivity contribution in [3.63, 3.8) is 0 Å². The number of ether oxygens (including phenoxy) is 1. The predicted octanol–water partition coefficient (Wildman–Crippen LogP) is 3.21. The normalized spacial score (nSPS) is 11.5. The zero-order chi connectivity index (χ0) is 15.9. The van der Waals surface area contributed by atoms with Crippen molar-refractivity contribution in [2.24, 2.45) is 10.7 Å². The molecule has 2 aromatic carbocycles. The largest absolute Gasteiger partial charge is 0.380 e. The monoisotopic (exact) mass is 301 g/mol. The Morgan fingerprint density at radius 2 is 1.95 bits per heavy atom. The van der Waals surface area contributed by atoms with Gasteiger partial charge < -0.3 is 15.8 Å². The molecular formula is C17H20FN3O. The van der Waals surface area contributed by atoms with Gasteiger partial charge in [0.05, 0.1) is 13.2 Å². The van der Waals surface area contributed by atoms with Crippen LogP contribution in [0.15, 0.2) is 47.5 Å². The predicted molar refractivity (Wildman–Crippen MR) is 87.2 cm³/mol. The molecule has 0 aliphatic carbocycles. The maximum absolute atomic E-state index is 13.5. The van der Waals surface area contributed by atoms with Crippen LogP contribution >= 0.6 is 0 Å². The van der Waals surface area contributed by atoms with E-state index in [9.17, 15) is 4.39 Å². The van der Waals surface area contributed by atoms with Crippen LogP contribution in [0.2, 0.25) is 0 Å². The van der Waals surface area contributed by atoms with Crippen LogP contribution in [0.1, 0.15) is 16.7 Å². The van der Waals surface area contributed by atoms with Crippen molar-refractivity contribution in [2.75, 3.05) is 12.4 Å². The number of guanidine groups is 1. The molecule has 0 aliphatic rings. The molecule has 0 heterocycles. The van der Waals surface area contributed by atoms with E-state index in [2.05, 4.69) is 10.3 Å². The fraction of sp³-hybridized carbons (Fsp3) is 0.235. The van der Waals surface area contributed by atoms with Gasteiger partial charge in [0.2, 0.25) is 0 Å². The summed E-state index contributed by atoms with van der Waals surface area (Å²) in [7, 11) is 1.54. The van der Waals surface area contributed by atoms with Crippen molar-refractivity contribution in [1.82, 2.24) is 0 Å². The molecule has 0 saturated carbocycles. The lowest BCUT2D eigenvalue weighted by atomic mass is 10.1. The zero-order valence-electron chi connectivity index (χ0n) is 12.8. The highest BCUT2D eigenvalue weighted by Gasteiger charge is 2.03. The first kappa shape index (κ1) is 16.0. The standard InChI is InChI=1S/C17H20FN3O/c1-12-3-6-15(7-4-12)21-17(19)20-10-13-5-8-16(18)14(9-13)11-22-2/h3-9H,10-11H2,1-2H3,(H3,19,20,21). The van der Waals surface area contributed by atoms with Gasteiger partial charge in [-0.1, -0.05) is 23.8 Å². The van der Waals surface area contributed by atoms with Crippen molar-refractivity contribution in [2.45, 2.75) is 20.1 Å². The van der Waals surface area contributed by atoms with Crippen molar-refractivity contribution in [3.05, 3.63) is 65.0 Å². The second kappa shape index (κ2) is 7.56. The molecular weight excluding hydrogens is 281 g/mol.